The first-order valence-corrected chi connectivity index (χ1v) is 8.71. The summed E-state index contributed by atoms with van der Waals surface area (Å²) in [4.78, 5) is 4.79. The van der Waals surface area contributed by atoms with Gasteiger partial charge < -0.3 is 0 Å². The van der Waals surface area contributed by atoms with Gasteiger partial charge in [0.2, 0.25) is 0 Å². The zero-order chi connectivity index (χ0) is 14.5. The third kappa shape index (κ3) is 3.70. The molecule has 1 saturated carbocycles. The summed E-state index contributed by atoms with van der Waals surface area (Å²) in [6, 6.07) is 10.7. The van der Waals surface area contributed by atoms with Crippen molar-refractivity contribution in [1.29, 1.82) is 0 Å². The third-order valence-corrected chi connectivity index (χ3v) is 5.32. The van der Waals surface area contributed by atoms with Gasteiger partial charge >= 0.3 is 0 Å². The van der Waals surface area contributed by atoms with Crippen LogP contribution >= 0.6 is 11.3 Å². The van der Waals surface area contributed by atoms with E-state index < -0.39 is 0 Å². The Balaban J connectivity index is 1.68. The Labute approximate surface area is 130 Å². The maximum atomic E-state index is 5.80. The highest BCUT2D eigenvalue weighted by Crippen LogP contribution is 2.29. The summed E-state index contributed by atoms with van der Waals surface area (Å²) in [6.07, 6.45) is 7.60. The van der Waals surface area contributed by atoms with Crippen molar-refractivity contribution >= 4 is 11.3 Å². The van der Waals surface area contributed by atoms with E-state index >= 15 is 0 Å². The Bertz CT molecular complexity index is 546. The molecule has 3 N–H and O–H groups in total. The quantitative estimate of drug-likeness (QED) is 0.653. The third-order valence-electron chi connectivity index (χ3n) is 4.45. The molecule has 21 heavy (non-hydrogen) atoms. The number of nitrogens with zero attached hydrogens (tertiary/aromatic N) is 1. The molecule has 4 heteroatoms. The number of hydrogen-bond acceptors (Lipinski definition) is 4. The fraction of sp³-hybridized carbons (Fsp3) is 0.471. The van der Waals surface area contributed by atoms with Gasteiger partial charge in [0.25, 0.3) is 0 Å². The van der Waals surface area contributed by atoms with Crippen molar-refractivity contribution in [3.63, 3.8) is 0 Å². The highest BCUT2D eigenvalue weighted by molar-refractivity contribution is 7.09. The SMILES string of the molecule is NNC(Cc1nc(-c2ccccc2)cs1)C1CCCCC1. The molecule has 1 aliphatic rings. The Hall–Kier alpha value is -1.23. The number of nitrogens with two attached hydrogens (primary N) is 1. The molecule has 1 heterocycles. The zero-order valence-electron chi connectivity index (χ0n) is 12.3. The predicted molar refractivity (Wildman–Crippen MR) is 88.9 cm³/mol. The van der Waals surface area contributed by atoms with E-state index in [1.807, 2.05) is 6.07 Å². The predicted octanol–water partition coefficient (Wildman–Crippen LogP) is 3.76. The summed E-state index contributed by atoms with van der Waals surface area (Å²) in [5, 5.41) is 3.33. The Morgan fingerprint density at radius 3 is 2.67 bits per heavy atom. The number of benzene rings is 1. The standard InChI is InChI=1S/C17H23N3S/c18-20-15(13-7-3-1-4-8-13)11-17-19-16(12-21-17)14-9-5-2-6-10-14/h2,5-6,9-10,12-13,15,20H,1,3-4,7-8,11,18H2. The molecule has 3 nitrogen and oxygen atoms in total. The summed E-state index contributed by atoms with van der Waals surface area (Å²) >= 11 is 1.75. The van der Waals surface area contributed by atoms with Gasteiger partial charge in [-0.05, 0) is 18.8 Å². The molecule has 0 amide bonds. The van der Waals surface area contributed by atoms with Gasteiger partial charge in [0.1, 0.15) is 0 Å². The summed E-state index contributed by atoms with van der Waals surface area (Å²) in [5.74, 6) is 6.50. The van der Waals surface area contributed by atoms with Crippen molar-refractivity contribution in [3.05, 3.63) is 40.7 Å². The molecule has 2 aromatic rings. The highest BCUT2D eigenvalue weighted by atomic mass is 32.1. The highest BCUT2D eigenvalue weighted by Gasteiger charge is 2.23. The average Bonchev–Trinajstić information content (AvgIpc) is 3.03. The van der Waals surface area contributed by atoms with Gasteiger partial charge in [0, 0.05) is 23.4 Å². The molecule has 1 unspecified atom stereocenters. The Morgan fingerprint density at radius 2 is 1.95 bits per heavy atom. The van der Waals surface area contributed by atoms with Crippen LogP contribution in [0.3, 0.4) is 0 Å². The van der Waals surface area contributed by atoms with Crippen LogP contribution in [0.25, 0.3) is 11.3 Å². The number of nitrogens with one attached hydrogen (secondary N) is 1. The van der Waals surface area contributed by atoms with Crippen LogP contribution < -0.4 is 11.3 Å². The molecule has 1 aromatic carbocycles. The van der Waals surface area contributed by atoms with Crippen LogP contribution in [-0.2, 0) is 6.42 Å². The molecule has 1 aliphatic carbocycles. The maximum Gasteiger partial charge on any atom is 0.0948 e. The normalized spacial score (nSPS) is 17.8. The summed E-state index contributed by atoms with van der Waals surface area (Å²) < 4.78 is 0. The van der Waals surface area contributed by atoms with E-state index in [0.29, 0.717) is 12.0 Å². The van der Waals surface area contributed by atoms with E-state index in [-0.39, 0.29) is 0 Å². The fourth-order valence-corrected chi connectivity index (χ4v) is 4.10. The van der Waals surface area contributed by atoms with E-state index in [9.17, 15) is 0 Å². The lowest BCUT2D eigenvalue weighted by Crippen LogP contribution is -2.43. The van der Waals surface area contributed by atoms with Gasteiger partial charge in [0.05, 0.1) is 10.7 Å². The van der Waals surface area contributed by atoms with Crippen LogP contribution in [-0.4, -0.2) is 11.0 Å². The van der Waals surface area contributed by atoms with Gasteiger partial charge in [-0.1, -0.05) is 49.6 Å². The second kappa shape index (κ2) is 7.16. The van der Waals surface area contributed by atoms with Crippen molar-refractivity contribution < 1.29 is 0 Å². The van der Waals surface area contributed by atoms with Crippen LogP contribution in [0.15, 0.2) is 35.7 Å². The Morgan fingerprint density at radius 1 is 1.19 bits per heavy atom. The maximum absolute atomic E-state index is 5.80. The topological polar surface area (TPSA) is 50.9 Å². The minimum atomic E-state index is 0.361. The molecular weight excluding hydrogens is 278 g/mol. The van der Waals surface area contributed by atoms with Crippen molar-refractivity contribution in [2.45, 2.75) is 44.6 Å². The molecule has 3 rings (SSSR count). The van der Waals surface area contributed by atoms with Crippen LogP contribution in [0, 0.1) is 5.92 Å². The van der Waals surface area contributed by atoms with Crippen molar-refractivity contribution in [3.8, 4) is 11.3 Å². The van der Waals surface area contributed by atoms with Crippen LogP contribution in [0.1, 0.15) is 37.1 Å². The van der Waals surface area contributed by atoms with Crippen LogP contribution in [0.5, 0.6) is 0 Å². The lowest BCUT2D eigenvalue weighted by atomic mass is 9.83. The van der Waals surface area contributed by atoms with E-state index in [4.69, 9.17) is 10.8 Å². The largest absolute Gasteiger partial charge is 0.271 e. The first kappa shape index (κ1) is 14.7. The Kier molecular flexibility index (Phi) is 5.01. The van der Waals surface area contributed by atoms with Gasteiger partial charge in [-0.25, -0.2) is 4.98 Å². The second-order valence-corrected chi connectivity index (χ2v) is 6.81. The first-order valence-electron chi connectivity index (χ1n) is 7.83. The van der Waals surface area contributed by atoms with E-state index in [0.717, 1.165) is 12.1 Å². The average molecular weight is 301 g/mol. The van der Waals surface area contributed by atoms with E-state index in [1.165, 1.54) is 42.7 Å². The number of thiazole rings is 1. The van der Waals surface area contributed by atoms with Gasteiger partial charge in [-0.15, -0.1) is 11.3 Å². The second-order valence-electron chi connectivity index (χ2n) is 5.87. The lowest BCUT2D eigenvalue weighted by Gasteiger charge is -2.29. The van der Waals surface area contributed by atoms with Gasteiger partial charge in [-0.2, -0.15) is 0 Å². The summed E-state index contributed by atoms with van der Waals surface area (Å²) in [7, 11) is 0. The smallest absolute Gasteiger partial charge is 0.0948 e. The molecule has 0 spiro atoms. The van der Waals surface area contributed by atoms with Gasteiger partial charge in [-0.3, -0.25) is 11.3 Å². The number of hydrazine groups is 1. The molecule has 0 aliphatic heterocycles. The van der Waals surface area contributed by atoms with Crippen LogP contribution in [0.2, 0.25) is 0 Å². The number of hydrogen-bond donors (Lipinski definition) is 2. The van der Waals surface area contributed by atoms with Crippen LogP contribution in [0.4, 0.5) is 0 Å². The monoisotopic (exact) mass is 301 g/mol. The molecule has 1 fully saturated rings. The van der Waals surface area contributed by atoms with E-state index in [2.05, 4.69) is 35.1 Å². The first-order chi connectivity index (χ1) is 10.4. The van der Waals surface area contributed by atoms with E-state index in [1.54, 1.807) is 11.3 Å². The zero-order valence-corrected chi connectivity index (χ0v) is 13.1. The molecule has 112 valence electrons. The fourth-order valence-electron chi connectivity index (χ4n) is 3.23. The number of aromatic nitrogens is 1. The summed E-state index contributed by atoms with van der Waals surface area (Å²) in [5.41, 5.74) is 5.30. The van der Waals surface area contributed by atoms with Crippen molar-refractivity contribution in [1.82, 2.24) is 10.4 Å². The minimum Gasteiger partial charge on any atom is -0.271 e. The van der Waals surface area contributed by atoms with Crippen molar-refractivity contribution in [2.75, 3.05) is 0 Å². The number of rotatable bonds is 5. The summed E-state index contributed by atoms with van der Waals surface area (Å²) in [6.45, 7) is 0. The lowest BCUT2D eigenvalue weighted by molar-refractivity contribution is 0.268. The van der Waals surface area contributed by atoms with Gasteiger partial charge in [0.15, 0.2) is 0 Å². The minimum absolute atomic E-state index is 0.361. The molecule has 0 saturated heterocycles. The molecular formula is C17H23N3S. The van der Waals surface area contributed by atoms with Crippen molar-refractivity contribution in [2.24, 2.45) is 11.8 Å². The molecule has 0 radical (unpaired) electrons. The molecule has 0 bridgehead atoms. The molecule has 1 aromatic heterocycles. The molecule has 1 atom stereocenters.